The number of hydrogen-bond donors (Lipinski definition) is 3. The Balaban J connectivity index is 2.01. The zero-order valence-corrected chi connectivity index (χ0v) is 13.0. The van der Waals surface area contributed by atoms with Crippen molar-refractivity contribution in [3.05, 3.63) is 67.8 Å². The van der Waals surface area contributed by atoms with Gasteiger partial charge in [0, 0.05) is 29.8 Å². The molecule has 0 radical (unpaired) electrons. The van der Waals surface area contributed by atoms with Crippen molar-refractivity contribution < 1.29 is 24.9 Å². The summed E-state index contributed by atoms with van der Waals surface area (Å²) < 4.78 is 0. The Hall–Kier alpha value is -4.02. The molecule has 11 nitrogen and oxygen atoms in total. The van der Waals surface area contributed by atoms with Crippen LogP contribution in [0.15, 0.2) is 41.5 Å². The molecule has 0 saturated carbocycles. The third kappa shape index (κ3) is 4.50. The molecule has 0 atom stereocenters. The number of non-ortho nitro benzene ring substituents is 1. The quantitative estimate of drug-likeness (QED) is 0.399. The fraction of sp³-hybridized carbons (Fsp3) is 0.0667. The molecule has 0 saturated heterocycles. The van der Waals surface area contributed by atoms with Gasteiger partial charge in [-0.2, -0.15) is 5.10 Å². The average Bonchev–Trinajstić information content (AvgIpc) is 2.57. The van der Waals surface area contributed by atoms with E-state index in [1.807, 2.05) is 0 Å². The van der Waals surface area contributed by atoms with Gasteiger partial charge in [0.25, 0.3) is 5.69 Å². The van der Waals surface area contributed by atoms with Crippen molar-refractivity contribution in [3.63, 3.8) is 0 Å². The number of carbonyl (C=O) groups is 1. The van der Waals surface area contributed by atoms with Gasteiger partial charge in [-0.1, -0.05) is 12.1 Å². The monoisotopic (exact) mass is 360 g/mol. The molecule has 26 heavy (non-hydrogen) atoms. The molecule has 0 aliphatic carbocycles. The molecule has 0 aliphatic rings. The van der Waals surface area contributed by atoms with Gasteiger partial charge in [0.1, 0.15) is 5.75 Å². The summed E-state index contributed by atoms with van der Waals surface area (Å²) in [4.78, 5) is 31.7. The fourth-order valence-electron chi connectivity index (χ4n) is 1.97. The van der Waals surface area contributed by atoms with Crippen LogP contribution in [0.3, 0.4) is 0 Å². The number of nitrogens with one attached hydrogen (secondary N) is 1. The number of hydrogen-bond acceptors (Lipinski definition) is 8. The number of benzene rings is 2. The van der Waals surface area contributed by atoms with Gasteiger partial charge in [0.15, 0.2) is 5.75 Å². The Bertz CT molecular complexity index is 894. The van der Waals surface area contributed by atoms with Crippen LogP contribution < -0.4 is 5.43 Å². The Labute approximate surface area is 145 Å². The van der Waals surface area contributed by atoms with Crippen molar-refractivity contribution in [2.45, 2.75) is 6.42 Å². The number of phenols is 2. The van der Waals surface area contributed by atoms with Crippen LogP contribution in [0.4, 0.5) is 11.4 Å². The molecule has 0 spiro atoms. The number of nitrogens with zero attached hydrogens (tertiary/aromatic N) is 3. The minimum Gasteiger partial charge on any atom is -0.507 e. The summed E-state index contributed by atoms with van der Waals surface area (Å²) in [6, 6.07) is 7.07. The van der Waals surface area contributed by atoms with Crippen molar-refractivity contribution in [2.24, 2.45) is 5.10 Å². The standard InChI is InChI=1S/C15H12N4O7/c20-13-7-14(21)12(19(25)26)6-10(13)8-16-17-15(22)5-9-1-3-11(4-2-9)18(23)24/h1-4,6-8,20-21H,5H2,(H,17,22)/b16-8-. The fourth-order valence-corrected chi connectivity index (χ4v) is 1.97. The van der Waals surface area contributed by atoms with E-state index in [0.29, 0.717) is 5.56 Å². The highest BCUT2D eigenvalue weighted by Crippen LogP contribution is 2.31. The largest absolute Gasteiger partial charge is 0.507 e. The number of amides is 1. The van der Waals surface area contributed by atoms with Crippen LogP contribution in [-0.2, 0) is 11.2 Å². The normalized spacial score (nSPS) is 10.6. The lowest BCUT2D eigenvalue weighted by molar-refractivity contribution is -0.385. The van der Waals surface area contributed by atoms with Gasteiger partial charge >= 0.3 is 5.69 Å². The lowest BCUT2D eigenvalue weighted by Gasteiger charge is -2.02. The molecule has 0 fully saturated rings. The summed E-state index contributed by atoms with van der Waals surface area (Å²) in [5.41, 5.74) is 1.88. The van der Waals surface area contributed by atoms with Crippen molar-refractivity contribution in [1.82, 2.24) is 5.43 Å². The van der Waals surface area contributed by atoms with Gasteiger partial charge in [-0.15, -0.1) is 0 Å². The lowest BCUT2D eigenvalue weighted by Crippen LogP contribution is -2.19. The zero-order chi connectivity index (χ0) is 19.3. The SMILES string of the molecule is O=C(Cc1ccc([N+](=O)[O-])cc1)N/N=C\c1cc([N+](=O)[O-])c(O)cc1O. The van der Waals surface area contributed by atoms with Crippen molar-refractivity contribution in [3.8, 4) is 11.5 Å². The zero-order valence-electron chi connectivity index (χ0n) is 13.0. The van der Waals surface area contributed by atoms with E-state index in [-0.39, 0.29) is 17.7 Å². The predicted molar refractivity (Wildman–Crippen MR) is 89.0 cm³/mol. The second-order valence-electron chi connectivity index (χ2n) is 5.05. The number of phenolic OH excluding ortho intramolecular Hbond substituents is 2. The van der Waals surface area contributed by atoms with E-state index >= 15 is 0 Å². The van der Waals surface area contributed by atoms with E-state index in [1.54, 1.807) is 0 Å². The summed E-state index contributed by atoms with van der Waals surface area (Å²) in [7, 11) is 0. The summed E-state index contributed by atoms with van der Waals surface area (Å²) in [6.07, 6.45) is 0.881. The van der Waals surface area contributed by atoms with Crippen LogP contribution in [0.5, 0.6) is 11.5 Å². The van der Waals surface area contributed by atoms with Gasteiger partial charge in [-0.05, 0) is 5.56 Å². The highest BCUT2D eigenvalue weighted by molar-refractivity contribution is 5.87. The summed E-state index contributed by atoms with van der Waals surface area (Å²) in [5.74, 6) is -1.70. The van der Waals surface area contributed by atoms with E-state index < -0.39 is 32.9 Å². The van der Waals surface area contributed by atoms with Crippen molar-refractivity contribution in [1.29, 1.82) is 0 Å². The molecule has 0 heterocycles. The number of nitro groups is 2. The minimum absolute atomic E-state index is 0.0786. The van der Waals surface area contributed by atoms with E-state index in [9.17, 15) is 35.2 Å². The molecule has 0 bridgehead atoms. The molecule has 0 aliphatic heterocycles. The highest BCUT2D eigenvalue weighted by Gasteiger charge is 2.16. The van der Waals surface area contributed by atoms with E-state index in [4.69, 9.17) is 0 Å². The first-order valence-electron chi connectivity index (χ1n) is 7.03. The Morgan fingerprint density at radius 2 is 1.73 bits per heavy atom. The van der Waals surface area contributed by atoms with Crippen LogP contribution in [0.2, 0.25) is 0 Å². The van der Waals surface area contributed by atoms with Crippen LogP contribution in [-0.4, -0.2) is 32.2 Å². The molecule has 0 unspecified atom stereocenters. The van der Waals surface area contributed by atoms with Crippen molar-refractivity contribution in [2.75, 3.05) is 0 Å². The van der Waals surface area contributed by atoms with Gasteiger partial charge in [0.2, 0.25) is 5.91 Å². The van der Waals surface area contributed by atoms with Crippen LogP contribution in [0, 0.1) is 20.2 Å². The Morgan fingerprint density at radius 1 is 1.08 bits per heavy atom. The van der Waals surface area contributed by atoms with E-state index in [2.05, 4.69) is 10.5 Å². The number of carbonyl (C=O) groups excluding carboxylic acids is 1. The number of hydrazone groups is 1. The average molecular weight is 360 g/mol. The van der Waals surface area contributed by atoms with Crippen LogP contribution >= 0.6 is 0 Å². The summed E-state index contributed by atoms with van der Waals surface area (Å²) in [6.45, 7) is 0. The highest BCUT2D eigenvalue weighted by atomic mass is 16.6. The maximum Gasteiger partial charge on any atom is 0.311 e. The Kier molecular flexibility index (Phi) is 5.43. The van der Waals surface area contributed by atoms with E-state index in [1.165, 1.54) is 24.3 Å². The molecular formula is C15H12N4O7. The first-order chi connectivity index (χ1) is 12.3. The lowest BCUT2D eigenvalue weighted by atomic mass is 10.1. The second kappa shape index (κ2) is 7.70. The molecule has 3 N–H and O–H groups in total. The molecule has 1 amide bonds. The molecule has 2 aromatic rings. The van der Waals surface area contributed by atoms with Crippen LogP contribution in [0.25, 0.3) is 0 Å². The minimum atomic E-state index is -0.834. The number of rotatable bonds is 6. The maximum absolute atomic E-state index is 11.8. The van der Waals surface area contributed by atoms with Gasteiger partial charge < -0.3 is 10.2 Å². The predicted octanol–water partition coefficient (Wildman–Crippen LogP) is 1.61. The van der Waals surface area contributed by atoms with E-state index in [0.717, 1.165) is 18.3 Å². The first-order valence-corrected chi connectivity index (χ1v) is 7.03. The summed E-state index contributed by atoms with van der Waals surface area (Å²) >= 11 is 0. The third-order valence-corrected chi connectivity index (χ3v) is 3.23. The molecule has 11 heteroatoms. The molecule has 134 valence electrons. The summed E-state index contributed by atoms with van der Waals surface area (Å²) in [5, 5.41) is 43.9. The van der Waals surface area contributed by atoms with Crippen molar-refractivity contribution >= 4 is 23.5 Å². The molecular weight excluding hydrogens is 348 g/mol. The molecule has 0 aromatic heterocycles. The molecule has 2 aromatic carbocycles. The van der Waals surface area contributed by atoms with Crippen LogP contribution in [0.1, 0.15) is 11.1 Å². The third-order valence-electron chi connectivity index (χ3n) is 3.23. The maximum atomic E-state index is 11.8. The van der Waals surface area contributed by atoms with Gasteiger partial charge in [0.05, 0.1) is 22.5 Å². The second-order valence-corrected chi connectivity index (χ2v) is 5.05. The topological polar surface area (TPSA) is 168 Å². The first kappa shape index (κ1) is 18.3. The van der Waals surface area contributed by atoms with Gasteiger partial charge in [-0.25, -0.2) is 5.43 Å². The number of nitro benzene ring substituents is 2. The molecule has 2 rings (SSSR count). The number of aromatic hydroxyl groups is 2. The Morgan fingerprint density at radius 3 is 2.31 bits per heavy atom. The van der Waals surface area contributed by atoms with Gasteiger partial charge in [-0.3, -0.25) is 25.0 Å². The smallest absolute Gasteiger partial charge is 0.311 e.